The van der Waals surface area contributed by atoms with Crippen molar-refractivity contribution in [3.63, 3.8) is 0 Å². The van der Waals surface area contributed by atoms with Crippen LogP contribution in [-0.2, 0) is 16.1 Å². The van der Waals surface area contributed by atoms with Crippen LogP contribution in [0.1, 0.15) is 17.3 Å². The van der Waals surface area contributed by atoms with Crippen LogP contribution in [0.3, 0.4) is 0 Å². The van der Waals surface area contributed by atoms with Crippen molar-refractivity contribution in [2.75, 3.05) is 13.2 Å². The van der Waals surface area contributed by atoms with Gasteiger partial charge in [-0.25, -0.2) is 9.18 Å². The number of benzene rings is 2. The third kappa shape index (κ3) is 4.70. The lowest BCUT2D eigenvalue weighted by Crippen LogP contribution is -2.19. The maximum absolute atomic E-state index is 13.6. The fourth-order valence-electron chi connectivity index (χ4n) is 2.58. The second kappa shape index (κ2) is 9.17. The fourth-order valence-corrected chi connectivity index (χ4v) is 3.67. The van der Waals surface area contributed by atoms with Gasteiger partial charge in [0.2, 0.25) is 0 Å². The topological polar surface area (TPSA) is 69.9 Å². The standard InChI is InChI=1S/C21H17FN2O4S/c1-3-11-24-16-10-9-14(20(26)27-4-2)12-18(16)29-21(24)23-19(25)13-28-17-8-6-5-7-15(17)22/h1,5-10,12H,4,11,13H2,2H3. The van der Waals surface area contributed by atoms with Gasteiger partial charge in [-0.2, -0.15) is 4.99 Å². The van der Waals surface area contributed by atoms with Crippen molar-refractivity contribution in [1.29, 1.82) is 0 Å². The predicted molar refractivity (Wildman–Crippen MR) is 107 cm³/mol. The summed E-state index contributed by atoms with van der Waals surface area (Å²) >= 11 is 1.21. The Morgan fingerprint density at radius 2 is 2.07 bits per heavy atom. The maximum atomic E-state index is 13.6. The number of carbonyl (C=O) groups is 2. The molecule has 29 heavy (non-hydrogen) atoms. The summed E-state index contributed by atoms with van der Waals surface area (Å²) < 4.78 is 26.2. The molecule has 0 aliphatic rings. The van der Waals surface area contributed by atoms with Gasteiger partial charge in [0.15, 0.2) is 23.0 Å². The summed E-state index contributed by atoms with van der Waals surface area (Å²) in [4.78, 5) is 28.6. The van der Waals surface area contributed by atoms with E-state index in [1.54, 1.807) is 35.8 Å². The number of amides is 1. The monoisotopic (exact) mass is 412 g/mol. The SMILES string of the molecule is C#CCn1c(=NC(=O)COc2ccccc2F)sc2cc(C(=O)OCC)ccc21. The number of thiazole rings is 1. The summed E-state index contributed by atoms with van der Waals surface area (Å²) in [6.45, 7) is 1.78. The minimum Gasteiger partial charge on any atom is -0.481 e. The molecule has 8 heteroatoms. The Morgan fingerprint density at radius 1 is 1.28 bits per heavy atom. The molecule has 0 fully saturated rings. The first-order valence-corrected chi connectivity index (χ1v) is 9.54. The molecule has 0 radical (unpaired) electrons. The van der Waals surface area contributed by atoms with Crippen molar-refractivity contribution in [2.45, 2.75) is 13.5 Å². The number of aromatic nitrogens is 1. The van der Waals surface area contributed by atoms with Crippen molar-refractivity contribution < 1.29 is 23.5 Å². The van der Waals surface area contributed by atoms with Crippen LogP contribution in [0.2, 0.25) is 0 Å². The molecule has 0 unspecified atom stereocenters. The van der Waals surface area contributed by atoms with E-state index in [0.717, 1.165) is 10.2 Å². The van der Waals surface area contributed by atoms with Gasteiger partial charge in [-0.3, -0.25) is 4.79 Å². The number of rotatable bonds is 6. The molecule has 0 atom stereocenters. The molecule has 0 bridgehead atoms. The Hall–Kier alpha value is -3.44. The zero-order valence-corrected chi connectivity index (χ0v) is 16.4. The largest absolute Gasteiger partial charge is 0.481 e. The van der Waals surface area contributed by atoms with Gasteiger partial charge in [-0.05, 0) is 37.3 Å². The van der Waals surface area contributed by atoms with Gasteiger partial charge in [0.25, 0.3) is 5.91 Å². The Balaban J connectivity index is 1.91. The van der Waals surface area contributed by atoms with E-state index < -0.39 is 24.3 Å². The Labute approximate surface area is 170 Å². The Kier molecular flexibility index (Phi) is 6.42. The van der Waals surface area contributed by atoms with Crippen LogP contribution in [-0.4, -0.2) is 29.7 Å². The van der Waals surface area contributed by atoms with Crippen molar-refractivity contribution in [3.8, 4) is 18.1 Å². The van der Waals surface area contributed by atoms with Gasteiger partial charge in [0, 0.05) is 0 Å². The van der Waals surface area contributed by atoms with Crippen LogP contribution in [0, 0.1) is 18.2 Å². The molecular formula is C21H17FN2O4S. The lowest BCUT2D eigenvalue weighted by Gasteiger charge is -2.04. The predicted octanol–water partition coefficient (Wildman–Crippen LogP) is 3.16. The van der Waals surface area contributed by atoms with Gasteiger partial charge >= 0.3 is 5.97 Å². The van der Waals surface area contributed by atoms with Crippen LogP contribution >= 0.6 is 11.3 Å². The number of carbonyl (C=O) groups excluding carboxylic acids is 2. The van der Waals surface area contributed by atoms with Crippen LogP contribution < -0.4 is 9.54 Å². The summed E-state index contributed by atoms with van der Waals surface area (Å²) in [5.74, 6) is 0.922. The highest BCUT2D eigenvalue weighted by molar-refractivity contribution is 7.16. The number of halogens is 1. The molecule has 148 valence electrons. The number of hydrogen-bond donors (Lipinski definition) is 0. The summed E-state index contributed by atoms with van der Waals surface area (Å²) in [5.41, 5.74) is 1.14. The van der Waals surface area contributed by atoms with Crippen LogP contribution in [0.5, 0.6) is 5.75 Å². The van der Waals surface area contributed by atoms with E-state index >= 15 is 0 Å². The number of fused-ring (bicyclic) bond motifs is 1. The third-order valence-electron chi connectivity index (χ3n) is 3.85. The molecule has 3 aromatic rings. The number of nitrogens with zero attached hydrogens (tertiary/aromatic N) is 2. The van der Waals surface area contributed by atoms with Gasteiger partial charge in [0.05, 0.1) is 28.9 Å². The van der Waals surface area contributed by atoms with Gasteiger partial charge in [0.1, 0.15) is 0 Å². The molecule has 0 N–H and O–H groups in total. The van der Waals surface area contributed by atoms with Crippen molar-refractivity contribution in [1.82, 2.24) is 4.57 Å². The lowest BCUT2D eigenvalue weighted by atomic mass is 10.2. The minimum atomic E-state index is -0.587. The van der Waals surface area contributed by atoms with E-state index in [-0.39, 0.29) is 18.9 Å². The Bertz CT molecular complexity index is 1170. The number of hydrogen-bond acceptors (Lipinski definition) is 5. The summed E-state index contributed by atoms with van der Waals surface area (Å²) in [5, 5.41) is 0. The summed E-state index contributed by atoms with van der Waals surface area (Å²) in [7, 11) is 0. The molecule has 1 amide bonds. The van der Waals surface area contributed by atoms with E-state index in [4.69, 9.17) is 15.9 Å². The van der Waals surface area contributed by atoms with Gasteiger partial charge in [-0.15, -0.1) is 6.42 Å². The van der Waals surface area contributed by atoms with Gasteiger partial charge in [-0.1, -0.05) is 29.4 Å². The summed E-state index contributed by atoms with van der Waals surface area (Å²) in [6, 6.07) is 10.8. The van der Waals surface area contributed by atoms with Gasteiger partial charge < -0.3 is 14.0 Å². The minimum absolute atomic E-state index is 0.0250. The molecule has 0 saturated carbocycles. The molecule has 1 heterocycles. The van der Waals surface area contributed by atoms with E-state index in [2.05, 4.69) is 10.9 Å². The number of para-hydroxylation sites is 1. The maximum Gasteiger partial charge on any atom is 0.338 e. The molecule has 3 rings (SSSR count). The second-order valence-electron chi connectivity index (χ2n) is 5.80. The highest BCUT2D eigenvalue weighted by atomic mass is 32.1. The molecular weight excluding hydrogens is 395 g/mol. The van der Waals surface area contributed by atoms with Crippen LogP contribution in [0.25, 0.3) is 10.2 Å². The molecule has 0 spiro atoms. The molecule has 6 nitrogen and oxygen atoms in total. The van der Waals surface area contributed by atoms with E-state index in [1.807, 2.05) is 0 Å². The third-order valence-corrected chi connectivity index (χ3v) is 4.89. The zero-order valence-electron chi connectivity index (χ0n) is 15.6. The fraction of sp³-hybridized carbons (Fsp3) is 0.190. The average molecular weight is 412 g/mol. The molecule has 0 aliphatic heterocycles. The lowest BCUT2D eigenvalue weighted by molar-refractivity contribution is -0.120. The van der Waals surface area contributed by atoms with Crippen LogP contribution in [0.4, 0.5) is 4.39 Å². The first kappa shape index (κ1) is 20.3. The molecule has 0 saturated heterocycles. The highest BCUT2D eigenvalue weighted by Crippen LogP contribution is 2.20. The molecule has 1 aromatic heterocycles. The first-order valence-electron chi connectivity index (χ1n) is 8.72. The van der Waals surface area contributed by atoms with E-state index in [9.17, 15) is 14.0 Å². The first-order chi connectivity index (χ1) is 14.0. The molecule has 2 aromatic carbocycles. The number of terminal acetylenes is 1. The highest BCUT2D eigenvalue weighted by Gasteiger charge is 2.12. The summed E-state index contributed by atoms with van der Waals surface area (Å²) in [6.07, 6.45) is 5.45. The molecule has 0 aliphatic carbocycles. The number of esters is 1. The zero-order chi connectivity index (χ0) is 20.8. The smallest absolute Gasteiger partial charge is 0.338 e. The second-order valence-corrected chi connectivity index (χ2v) is 6.81. The normalized spacial score (nSPS) is 11.3. The van der Waals surface area contributed by atoms with Crippen LogP contribution in [0.15, 0.2) is 47.5 Å². The van der Waals surface area contributed by atoms with E-state index in [1.165, 1.54) is 29.5 Å². The van der Waals surface area contributed by atoms with Crippen molar-refractivity contribution in [3.05, 3.63) is 58.6 Å². The average Bonchev–Trinajstić information content (AvgIpc) is 3.04. The van der Waals surface area contributed by atoms with Crippen molar-refractivity contribution >= 4 is 33.4 Å². The Morgan fingerprint density at radius 3 is 2.79 bits per heavy atom. The van der Waals surface area contributed by atoms with E-state index in [0.29, 0.717) is 10.4 Å². The quantitative estimate of drug-likeness (QED) is 0.461. The van der Waals surface area contributed by atoms with Crippen molar-refractivity contribution in [2.24, 2.45) is 4.99 Å². The number of ether oxygens (including phenoxy) is 2.